The molecule has 4 aromatic carbocycles. The molecule has 6 rings (SSSR count). The lowest BCUT2D eigenvalue weighted by molar-refractivity contribution is -0.113. The van der Waals surface area contributed by atoms with E-state index >= 15 is 0 Å². The Kier molecular flexibility index (Phi) is 8.89. The second-order valence-electron chi connectivity index (χ2n) is 10.3. The van der Waals surface area contributed by atoms with E-state index in [0.717, 1.165) is 16.7 Å². The van der Waals surface area contributed by atoms with E-state index < -0.39 is 6.04 Å². The summed E-state index contributed by atoms with van der Waals surface area (Å²) in [4.78, 5) is 33.2. The maximum atomic E-state index is 14.2. The number of para-hydroxylation sites is 2. The highest BCUT2D eigenvalue weighted by molar-refractivity contribution is 7.07. The topological polar surface area (TPSA) is 81.9 Å². The fraction of sp³-hybridized carbons (Fsp3) is 0.114. The number of thiazole rings is 1. The monoisotopic (exact) mass is 655 g/mol. The van der Waals surface area contributed by atoms with Crippen molar-refractivity contribution in [2.75, 3.05) is 12.4 Å². The van der Waals surface area contributed by atoms with Gasteiger partial charge in [-0.25, -0.2) is 4.99 Å². The molecule has 1 aliphatic heterocycles. The quantitative estimate of drug-likeness (QED) is 0.200. The zero-order valence-electron chi connectivity index (χ0n) is 24.3. The second-order valence-corrected chi connectivity index (χ2v) is 12.1. The molecule has 1 aliphatic rings. The zero-order valence-corrected chi connectivity index (χ0v) is 26.6. The summed E-state index contributed by atoms with van der Waals surface area (Å²) < 4.78 is 13.5. The average molecular weight is 657 g/mol. The maximum absolute atomic E-state index is 14.2. The lowest BCUT2D eigenvalue weighted by atomic mass is 9.95. The minimum absolute atomic E-state index is 0.263. The molecule has 1 aromatic heterocycles. The van der Waals surface area contributed by atoms with Crippen LogP contribution in [-0.4, -0.2) is 17.6 Å². The summed E-state index contributed by atoms with van der Waals surface area (Å²) in [6.07, 6.45) is 1.79. The van der Waals surface area contributed by atoms with Crippen LogP contribution < -0.4 is 29.7 Å². The van der Waals surface area contributed by atoms with Gasteiger partial charge in [-0.15, -0.1) is 0 Å². The largest absolute Gasteiger partial charge is 0.497 e. The van der Waals surface area contributed by atoms with Gasteiger partial charge in [0.1, 0.15) is 18.1 Å². The number of methoxy groups -OCH3 is 1. The zero-order chi connectivity index (χ0) is 31.5. The number of amides is 1. The number of carbonyl (C=O) groups is 1. The van der Waals surface area contributed by atoms with Crippen LogP contribution in [0, 0.1) is 0 Å². The minimum Gasteiger partial charge on any atom is -0.497 e. The van der Waals surface area contributed by atoms with Crippen LogP contribution in [0.25, 0.3) is 6.08 Å². The number of nitrogens with one attached hydrogen (secondary N) is 1. The van der Waals surface area contributed by atoms with Gasteiger partial charge in [-0.05, 0) is 66.6 Å². The summed E-state index contributed by atoms with van der Waals surface area (Å²) in [5.74, 6) is 0.929. The number of ether oxygens (including phenoxy) is 2. The number of fused-ring (bicyclic) bond motifs is 1. The van der Waals surface area contributed by atoms with E-state index in [4.69, 9.17) is 37.7 Å². The molecule has 7 nitrogen and oxygen atoms in total. The normalized spacial score (nSPS) is 14.5. The number of halogens is 2. The number of hydrogen-bond donors (Lipinski definition) is 1. The van der Waals surface area contributed by atoms with Gasteiger partial charge in [0.2, 0.25) is 0 Å². The average Bonchev–Trinajstić information content (AvgIpc) is 3.35. The molecule has 45 heavy (non-hydrogen) atoms. The predicted molar refractivity (Wildman–Crippen MR) is 179 cm³/mol. The van der Waals surface area contributed by atoms with Crippen LogP contribution in [0.4, 0.5) is 5.69 Å². The van der Waals surface area contributed by atoms with E-state index in [-0.39, 0.29) is 18.1 Å². The first-order chi connectivity index (χ1) is 21.8. The highest BCUT2D eigenvalue weighted by Gasteiger charge is 2.32. The molecule has 5 aromatic rings. The van der Waals surface area contributed by atoms with Gasteiger partial charge in [0.15, 0.2) is 4.80 Å². The Hall–Kier alpha value is -4.63. The van der Waals surface area contributed by atoms with Crippen molar-refractivity contribution in [2.45, 2.75) is 19.6 Å². The molecule has 0 saturated carbocycles. The van der Waals surface area contributed by atoms with Crippen LogP contribution in [0.2, 0.25) is 10.0 Å². The Balaban J connectivity index is 1.41. The summed E-state index contributed by atoms with van der Waals surface area (Å²) >= 11 is 13.5. The molecular weight excluding hydrogens is 629 g/mol. The van der Waals surface area contributed by atoms with Crippen LogP contribution in [0.1, 0.15) is 29.7 Å². The number of nitrogens with zero attached hydrogens (tertiary/aromatic N) is 2. The molecule has 0 saturated heterocycles. The summed E-state index contributed by atoms with van der Waals surface area (Å²) in [7, 11) is 1.59. The highest BCUT2D eigenvalue weighted by Crippen LogP contribution is 2.32. The van der Waals surface area contributed by atoms with Gasteiger partial charge in [-0.3, -0.25) is 14.2 Å². The maximum Gasteiger partial charge on any atom is 0.271 e. The third-order valence-electron chi connectivity index (χ3n) is 7.31. The molecule has 0 aliphatic carbocycles. The first-order valence-corrected chi connectivity index (χ1v) is 15.6. The summed E-state index contributed by atoms with van der Waals surface area (Å²) in [6.45, 7) is 2.05. The Morgan fingerprint density at radius 2 is 1.71 bits per heavy atom. The van der Waals surface area contributed by atoms with Gasteiger partial charge in [-0.1, -0.05) is 89.1 Å². The standard InChI is InChI=1S/C35H27Cl2N3O4S/c1-21-31(33(41)39-25-9-4-3-5-10-25)32(23-13-15-26(43-2)16-14-23)40-34(42)30(45-35(40)38-21)19-24-8-6-7-11-29(24)44-20-22-12-17-27(36)28(37)18-22/h3-19,32H,20H2,1-2H3,(H,39,41)/b30-19+/t32-/m1/s1. The summed E-state index contributed by atoms with van der Waals surface area (Å²) in [5, 5.41) is 3.89. The van der Waals surface area contributed by atoms with E-state index in [1.54, 1.807) is 36.8 Å². The van der Waals surface area contributed by atoms with Crippen molar-refractivity contribution in [1.29, 1.82) is 0 Å². The van der Waals surface area contributed by atoms with Crippen molar-refractivity contribution in [1.82, 2.24) is 4.57 Å². The van der Waals surface area contributed by atoms with E-state index in [0.29, 0.717) is 47.8 Å². The Labute approximate surface area is 273 Å². The number of benzene rings is 4. The molecule has 0 bridgehead atoms. The van der Waals surface area contributed by atoms with Crippen molar-refractivity contribution < 1.29 is 14.3 Å². The molecule has 1 atom stereocenters. The Morgan fingerprint density at radius 3 is 2.44 bits per heavy atom. The smallest absolute Gasteiger partial charge is 0.271 e. The van der Waals surface area contributed by atoms with E-state index in [1.807, 2.05) is 84.9 Å². The number of rotatable bonds is 8. The van der Waals surface area contributed by atoms with Crippen molar-refractivity contribution in [3.05, 3.63) is 155 Å². The van der Waals surface area contributed by atoms with Crippen LogP contribution in [-0.2, 0) is 11.4 Å². The number of allylic oxidation sites excluding steroid dienone is 1. The van der Waals surface area contributed by atoms with Crippen LogP contribution in [0.3, 0.4) is 0 Å². The molecule has 0 radical (unpaired) electrons. The third-order valence-corrected chi connectivity index (χ3v) is 9.04. The molecule has 226 valence electrons. The summed E-state index contributed by atoms with van der Waals surface area (Å²) in [6, 6.07) is 28.7. The molecule has 10 heteroatoms. The first-order valence-electron chi connectivity index (χ1n) is 14.0. The van der Waals surface area contributed by atoms with Gasteiger partial charge >= 0.3 is 0 Å². The van der Waals surface area contributed by atoms with Gasteiger partial charge in [-0.2, -0.15) is 0 Å². The van der Waals surface area contributed by atoms with E-state index in [1.165, 1.54) is 11.3 Å². The van der Waals surface area contributed by atoms with Gasteiger partial charge in [0.25, 0.3) is 11.5 Å². The Morgan fingerprint density at radius 1 is 0.978 bits per heavy atom. The molecular formula is C35H27Cl2N3O4S. The van der Waals surface area contributed by atoms with Crippen LogP contribution in [0.5, 0.6) is 11.5 Å². The SMILES string of the molecule is COc1ccc([C@@H]2C(C(=O)Nc3ccccc3)=C(C)N=c3s/c(=C/c4ccccc4OCc4ccc(Cl)c(Cl)c4)c(=O)n32)cc1. The fourth-order valence-electron chi connectivity index (χ4n) is 5.10. The Bertz CT molecular complexity index is 2110. The molecule has 2 heterocycles. The van der Waals surface area contributed by atoms with E-state index in [9.17, 15) is 9.59 Å². The molecule has 0 unspecified atom stereocenters. The molecule has 1 amide bonds. The second kappa shape index (κ2) is 13.2. The minimum atomic E-state index is -0.709. The fourth-order valence-corrected chi connectivity index (χ4v) is 6.45. The van der Waals surface area contributed by atoms with Gasteiger partial charge in [0, 0.05) is 11.3 Å². The molecule has 1 N–H and O–H groups in total. The van der Waals surface area contributed by atoms with Crippen LogP contribution >= 0.6 is 34.5 Å². The summed E-state index contributed by atoms with van der Waals surface area (Å²) in [5.41, 5.74) is 3.62. The van der Waals surface area contributed by atoms with Gasteiger partial charge in [0.05, 0.1) is 39.0 Å². The predicted octanol–water partition coefficient (Wildman–Crippen LogP) is 6.77. The van der Waals surface area contributed by atoms with Crippen molar-refractivity contribution >= 4 is 52.2 Å². The number of carbonyl (C=O) groups excluding carboxylic acids is 1. The third kappa shape index (κ3) is 6.44. The molecule has 0 spiro atoms. The molecule has 0 fully saturated rings. The van der Waals surface area contributed by atoms with Crippen LogP contribution in [0.15, 0.2) is 118 Å². The highest BCUT2D eigenvalue weighted by atomic mass is 35.5. The number of aromatic nitrogens is 1. The number of anilines is 1. The van der Waals surface area contributed by atoms with E-state index in [2.05, 4.69) is 5.32 Å². The van der Waals surface area contributed by atoms with Crippen molar-refractivity contribution in [2.24, 2.45) is 4.99 Å². The van der Waals surface area contributed by atoms with Crippen molar-refractivity contribution in [3.8, 4) is 11.5 Å². The lowest BCUT2D eigenvalue weighted by Gasteiger charge is -2.25. The number of hydrogen-bond acceptors (Lipinski definition) is 6. The van der Waals surface area contributed by atoms with Gasteiger partial charge < -0.3 is 14.8 Å². The lowest BCUT2D eigenvalue weighted by Crippen LogP contribution is -2.40. The van der Waals surface area contributed by atoms with Crippen molar-refractivity contribution in [3.63, 3.8) is 0 Å². The first kappa shape index (κ1) is 30.4.